The highest BCUT2D eigenvalue weighted by molar-refractivity contribution is 7.12. The lowest BCUT2D eigenvalue weighted by Gasteiger charge is -2.20. The highest BCUT2D eigenvalue weighted by Gasteiger charge is 2.30. The number of fused-ring (bicyclic) bond motifs is 2. The van der Waals surface area contributed by atoms with Crippen molar-refractivity contribution in [2.24, 2.45) is 11.7 Å². The molecule has 0 radical (unpaired) electrons. The predicted octanol–water partition coefficient (Wildman–Crippen LogP) is 2.64. The molecule has 2 heterocycles. The van der Waals surface area contributed by atoms with Crippen molar-refractivity contribution in [1.29, 1.82) is 0 Å². The number of benzene rings is 1. The topological polar surface area (TPSA) is 102 Å². The van der Waals surface area contributed by atoms with Crippen LogP contribution < -0.4 is 26.8 Å². The maximum atomic E-state index is 13.0. The average Bonchev–Trinajstić information content (AvgIpc) is 3.44. The fourth-order valence-electron chi connectivity index (χ4n) is 3.57. The number of nitrogens with two attached hydrogens (primary N) is 1. The molecule has 1 aliphatic rings. The molecule has 4 rings (SSSR count). The Morgan fingerprint density at radius 3 is 2.81 bits per heavy atom. The van der Waals surface area contributed by atoms with E-state index < -0.39 is 0 Å². The molecule has 0 unspecified atom stereocenters. The summed E-state index contributed by atoms with van der Waals surface area (Å²) in [6, 6.07) is 3.94. The number of rotatable bonds is 7. The molecule has 1 aromatic carbocycles. The van der Waals surface area contributed by atoms with Gasteiger partial charge in [0.25, 0.3) is 5.56 Å². The van der Waals surface area contributed by atoms with Crippen molar-refractivity contribution in [1.82, 2.24) is 8.94 Å². The van der Waals surface area contributed by atoms with Crippen LogP contribution in [-0.2, 0) is 0 Å². The molecular formula is C19H24N4O3S. The molecule has 0 aliphatic heterocycles. The summed E-state index contributed by atoms with van der Waals surface area (Å²) in [5.41, 5.74) is 6.87. The van der Waals surface area contributed by atoms with Crippen molar-refractivity contribution >= 4 is 38.3 Å². The molecule has 1 fully saturated rings. The van der Waals surface area contributed by atoms with Crippen LogP contribution in [0.2, 0.25) is 0 Å². The molecule has 0 saturated heterocycles. The summed E-state index contributed by atoms with van der Waals surface area (Å²) in [6.07, 6.45) is 3.06. The van der Waals surface area contributed by atoms with Gasteiger partial charge in [-0.3, -0.25) is 14.0 Å². The van der Waals surface area contributed by atoms with Gasteiger partial charge < -0.3 is 20.4 Å². The number of nitrogens with one attached hydrogen (secondary N) is 2. The number of aromatic amines is 1. The zero-order valence-electron chi connectivity index (χ0n) is 15.5. The van der Waals surface area contributed by atoms with Gasteiger partial charge in [0, 0.05) is 12.6 Å². The molecule has 1 aliphatic carbocycles. The van der Waals surface area contributed by atoms with Gasteiger partial charge >= 0.3 is 0 Å². The Labute approximate surface area is 160 Å². The van der Waals surface area contributed by atoms with E-state index >= 15 is 0 Å². The quantitative estimate of drug-likeness (QED) is 0.577. The molecule has 2 aromatic heterocycles. The van der Waals surface area contributed by atoms with Crippen LogP contribution in [0.3, 0.4) is 0 Å². The predicted molar refractivity (Wildman–Crippen MR) is 110 cm³/mol. The van der Waals surface area contributed by atoms with E-state index in [2.05, 4.69) is 21.2 Å². The van der Waals surface area contributed by atoms with Crippen LogP contribution in [0.25, 0.3) is 21.1 Å². The standard InChI is InChI=1S/C19H24N4O3S/c1-3-10(8-20)9-21-13-7-6-12-15(17(13)26-2)23(11-4-5-11)19-14(16(12)24)18(25)22-27-19/h6-7,10-11,21H,3-5,8-9,20H2,1-2H3,(H,22,25)/t10-/m0/s1. The summed E-state index contributed by atoms with van der Waals surface area (Å²) in [5.74, 6) is 1.01. The molecule has 7 nitrogen and oxygen atoms in total. The highest BCUT2D eigenvalue weighted by Crippen LogP contribution is 2.43. The Bertz CT molecular complexity index is 1110. The fourth-order valence-corrected chi connectivity index (χ4v) is 4.49. The Kier molecular flexibility index (Phi) is 4.69. The number of methoxy groups -OCH3 is 1. The average molecular weight is 388 g/mol. The van der Waals surface area contributed by atoms with Crippen LogP contribution in [0.1, 0.15) is 32.2 Å². The molecule has 27 heavy (non-hydrogen) atoms. The first-order valence-electron chi connectivity index (χ1n) is 9.31. The lowest BCUT2D eigenvalue weighted by molar-refractivity contribution is 0.418. The summed E-state index contributed by atoms with van der Waals surface area (Å²) < 4.78 is 10.6. The van der Waals surface area contributed by atoms with Crippen molar-refractivity contribution in [2.75, 3.05) is 25.5 Å². The van der Waals surface area contributed by atoms with Crippen LogP contribution in [0.15, 0.2) is 21.7 Å². The van der Waals surface area contributed by atoms with Gasteiger partial charge in [-0.25, -0.2) is 0 Å². The largest absolute Gasteiger partial charge is 0.492 e. The molecule has 3 aromatic rings. The third kappa shape index (κ3) is 2.93. The van der Waals surface area contributed by atoms with Gasteiger partial charge in [-0.05, 0) is 49.0 Å². The van der Waals surface area contributed by atoms with E-state index in [9.17, 15) is 9.59 Å². The number of hydrogen-bond acceptors (Lipinski definition) is 6. The van der Waals surface area contributed by atoms with Crippen LogP contribution >= 0.6 is 11.5 Å². The zero-order valence-corrected chi connectivity index (χ0v) is 16.3. The molecule has 0 bridgehead atoms. The number of hydrogen-bond donors (Lipinski definition) is 3. The second kappa shape index (κ2) is 7.01. The lowest BCUT2D eigenvalue weighted by Crippen LogP contribution is -2.22. The number of nitrogens with zero attached hydrogens (tertiary/aromatic N) is 1. The summed E-state index contributed by atoms with van der Waals surface area (Å²) >= 11 is 1.22. The van der Waals surface area contributed by atoms with Gasteiger partial charge in [-0.1, -0.05) is 13.3 Å². The zero-order chi connectivity index (χ0) is 19.1. The Morgan fingerprint density at radius 2 is 2.19 bits per heavy atom. The van der Waals surface area contributed by atoms with Crippen molar-refractivity contribution in [3.63, 3.8) is 0 Å². The normalized spacial score (nSPS) is 15.4. The van der Waals surface area contributed by atoms with E-state index in [1.165, 1.54) is 11.5 Å². The van der Waals surface area contributed by atoms with Crippen molar-refractivity contribution < 1.29 is 4.74 Å². The first-order valence-corrected chi connectivity index (χ1v) is 10.1. The molecular weight excluding hydrogens is 364 g/mol. The maximum Gasteiger partial charge on any atom is 0.271 e. The minimum Gasteiger partial charge on any atom is -0.492 e. The van der Waals surface area contributed by atoms with Crippen LogP contribution in [0.4, 0.5) is 5.69 Å². The van der Waals surface area contributed by atoms with Crippen molar-refractivity contribution in [3.05, 3.63) is 32.7 Å². The number of aromatic nitrogens is 2. The minimum atomic E-state index is -0.314. The third-order valence-electron chi connectivity index (χ3n) is 5.35. The monoisotopic (exact) mass is 388 g/mol. The van der Waals surface area contributed by atoms with Gasteiger partial charge in [-0.2, -0.15) is 0 Å². The van der Waals surface area contributed by atoms with Gasteiger partial charge in [0.2, 0.25) is 5.43 Å². The van der Waals surface area contributed by atoms with Gasteiger partial charge in [0.15, 0.2) is 5.75 Å². The molecule has 1 atom stereocenters. The van der Waals surface area contributed by atoms with Gasteiger partial charge in [-0.15, -0.1) is 0 Å². The van der Waals surface area contributed by atoms with E-state index in [1.807, 2.05) is 6.07 Å². The number of H-pyrrole nitrogens is 1. The summed E-state index contributed by atoms with van der Waals surface area (Å²) in [5, 5.41) is 4.20. The van der Waals surface area contributed by atoms with Crippen LogP contribution in [0, 0.1) is 5.92 Å². The summed E-state index contributed by atoms with van der Waals surface area (Å²) in [6.45, 7) is 3.47. The van der Waals surface area contributed by atoms with E-state index in [-0.39, 0.29) is 16.4 Å². The van der Waals surface area contributed by atoms with Crippen LogP contribution in [0.5, 0.6) is 5.75 Å². The van der Waals surface area contributed by atoms with Crippen molar-refractivity contribution in [3.8, 4) is 5.75 Å². The molecule has 8 heteroatoms. The maximum absolute atomic E-state index is 13.0. The van der Waals surface area contributed by atoms with Crippen LogP contribution in [-0.4, -0.2) is 29.1 Å². The van der Waals surface area contributed by atoms with E-state index in [4.69, 9.17) is 10.5 Å². The Hall–Kier alpha value is -2.32. The first kappa shape index (κ1) is 18.1. The minimum absolute atomic E-state index is 0.238. The lowest BCUT2D eigenvalue weighted by atomic mass is 10.1. The smallest absolute Gasteiger partial charge is 0.271 e. The van der Waals surface area contributed by atoms with Gasteiger partial charge in [0.1, 0.15) is 10.2 Å². The molecule has 0 amide bonds. The Balaban J connectivity index is 1.97. The third-order valence-corrected chi connectivity index (χ3v) is 6.23. The van der Waals surface area contributed by atoms with Gasteiger partial charge in [0.05, 0.1) is 23.7 Å². The Morgan fingerprint density at radius 1 is 1.41 bits per heavy atom. The molecule has 1 saturated carbocycles. The summed E-state index contributed by atoms with van der Waals surface area (Å²) in [7, 11) is 1.62. The second-order valence-electron chi connectivity index (χ2n) is 7.08. The number of pyridine rings is 1. The van der Waals surface area contributed by atoms with E-state index in [1.54, 1.807) is 13.2 Å². The second-order valence-corrected chi connectivity index (χ2v) is 7.87. The molecule has 0 spiro atoms. The van der Waals surface area contributed by atoms with E-state index in [0.29, 0.717) is 34.5 Å². The molecule has 4 N–H and O–H groups in total. The fraction of sp³-hybridized carbons (Fsp3) is 0.474. The SMILES string of the molecule is CC[C@@H](CN)CNc1ccc2c(=O)c3c(=O)[nH]sc3n(C3CC3)c2c1OC. The summed E-state index contributed by atoms with van der Waals surface area (Å²) in [4.78, 5) is 25.9. The van der Waals surface area contributed by atoms with Crippen molar-refractivity contribution in [2.45, 2.75) is 32.2 Å². The number of ether oxygens (including phenoxy) is 1. The van der Waals surface area contributed by atoms with E-state index in [0.717, 1.165) is 37.0 Å². The first-order chi connectivity index (χ1) is 13.1. The number of anilines is 1. The molecule has 144 valence electrons. The highest BCUT2D eigenvalue weighted by atomic mass is 32.1.